The SMILES string of the molecule is O=c1[nH]c(-c2cncnc2)nc2c1CN(Cc1cccc(-c3ccc4c(c3)OCO4)n1)CC2. The largest absolute Gasteiger partial charge is 0.454 e. The number of nitrogens with one attached hydrogen (secondary N) is 1. The van der Waals surface area contributed by atoms with E-state index in [1.807, 2.05) is 36.4 Å². The van der Waals surface area contributed by atoms with Crippen molar-refractivity contribution in [1.29, 1.82) is 0 Å². The van der Waals surface area contributed by atoms with Gasteiger partial charge in [-0.15, -0.1) is 0 Å². The lowest BCUT2D eigenvalue weighted by atomic mass is 10.1. The molecule has 6 rings (SSSR count). The standard InChI is InChI=1S/C24H20N6O3/c31-24-18-12-30(7-6-20(18)28-23(29-24)16-9-25-13-26-10-16)11-17-2-1-3-19(27-17)15-4-5-21-22(8-15)33-14-32-21/h1-5,8-10,13H,6-7,11-12,14H2,(H,28,29,31). The Morgan fingerprint density at radius 3 is 2.79 bits per heavy atom. The van der Waals surface area contributed by atoms with E-state index in [9.17, 15) is 4.79 Å². The minimum Gasteiger partial charge on any atom is -0.454 e. The van der Waals surface area contributed by atoms with Crippen LogP contribution in [0.5, 0.6) is 11.5 Å². The normalized spacial score (nSPS) is 14.8. The molecule has 0 aliphatic carbocycles. The smallest absolute Gasteiger partial charge is 0.255 e. The van der Waals surface area contributed by atoms with Gasteiger partial charge in [0.25, 0.3) is 5.56 Å². The van der Waals surface area contributed by atoms with Crippen molar-refractivity contribution in [3.05, 3.63) is 82.4 Å². The van der Waals surface area contributed by atoms with Crippen LogP contribution < -0.4 is 15.0 Å². The lowest BCUT2D eigenvalue weighted by Crippen LogP contribution is -2.35. The molecule has 5 heterocycles. The average Bonchev–Trinajstić information content (AvgIpc) is 3.33. The molecule has 0 amide bonds. The van der Waals surface area contributed by atoms with Gasteiger partial charge >= 0.3 is 0 Å². The molecule has 0 saturated heterocycles. The quantitative estimate of drug-likeness (QED) is 0.516. The molecule has 0 fully saturated rings. The highest BCUT2D eigenvalue weighted by Gasteiger charge is 2.22. The van der Waals surface area contributed by atoms with Crippen molar-refractivity contribution in [3.63, 3.8) is 0 Å². The molecule has 0 saturated carbocycles. The maximum atomic E-state index is 12.8. The van der Waals surface area contributed by atoms with E-state index in [-0.39, 0.29) is 12.4 Å². The summed E-state index contributed by atoms with van der Waals surface area (Å²) in [6.07, 6.45) is 5.44. The third kappa shape index (κ3) is 3.83. The van der Waals surface area contributed by atoms with Gasteiger partial charge in [-0.1, -0.05) is 6.07 Å². The van der Waals surface area contributed by atoms with Gasteiger partial charge in [-0.3, -0.25) is 14.7 Å². The summed E-state index contributed by atoms with van der Waals surface area (Å²) in [6.45, 7) is 2.21. The fourth-order valence-electron chi connectivity index (χ4n) is 4.19. The van der Waals surface area contributed by atoms with Crippen LogP contribution in [0.1, 0.15) is 17.0 Å². The zero-order valence-corrected chi connectivity index (χ0v) is 17.7. The summed E-state index contributed by atoms with van der Waals surface area (Å²) in [7, 11) is 0. The highest BCUT2D eigenvalue weighted by molar-refractivity contribution is 5.64. The third-order valence-corrected chi connectivity index (χ3v) is 5.84. The van der Waals surface area contributed by atoms with E-state index in [1.54, 1.807) is 12.4 Å². The molecule has 1 aromatic carbocycles. The summed E-state index contributed by atoms with van der Waals surface area (Å²) in [6, 6.07) is 11.8. The molecular weight excluding hydrogens is 420 g/mol. The maximum Gasteiger partial charge on any atom is 0.255 e. The van der Waals surface area contributed by atoms with E-state index in [2.05, 4.69) is 24.8 Å². The molecule has 0 atom stereocenters. The summed E-state index contributed by atoms with van der Waals surface area (Å²) in [5.41, 5.74) is 4.90. The molecule has 0 bridgehead atoms. The van der Waals surface area contributed by atoms with Crippen molar-refractivity contribution in [2.75, 3.05) is 13.3 Å². The number of rotatable bonds is 4. The van der Waals surface area contributed by atoms with Crippen molar-refractivity contribution in [1.82, 2.24) is 29.8 Å². The van der Waals surface area contributed by atoms with Gasteiger partial charge in [0.15, 0.2) is 11.5 Å². The molecule has 33 heavy (non-hydrogen) atoms. The monoisotopic (exact) mass is 440 g/mol. The highest BCUT2D eigenvalue weighted by atomic mass is 16.7. The van der Waals surface area contributed by atoms with E-state index in [4.69, 9.17) is 14.5 Å². The molecule has 9 nitrogen and oxygen atoms in total. The summed E-state index contributed by atoms with van der Waals surface area (Å²) in [5, 5.41) is 0. The zero-order valence-electron chi connectivity index (χ0n) is 17.7. The number of fused-ring (bicyclic) bond motifs is 2. The number of aromatic nitrogens is 5. The Morgan fingerprint density at radius 2 is 1.88 bits per heavy atom. The molecule has 1 N–H and O–H groups in total. The highest BCUT2D eigenvalue weighted by Crippen LogP contribution is 2.35. The fraction of sp³-hybridized carbons (Fsp3) is 0.208. The van der Waals surface area contributed by atoms with Crippen LogP contribution in [-0.4, -0.2) is 43.2 Å². The Labute approximate surface area is 189 Å². The first-order chi connectivity index (χ1) is 16.2. The maximum absolute atomic E-state index is 12.8. The van der Waals surface area contributed by atoms with Crippen LogP contribution in [0.4, 0.5) is 0 Å². The van der Waals surface area contributed by atoms with E-state index in [0.29, 0.717) is 36.5 Å². The van der Waals surface area contributed by atoms with Crippen molar-refractivity contribution < 1.29 is 9.47 Å². The van der Waals surface area contributed by atoms with Gasteiger partial charge in [-0.2, -0.15) is 0 Å². The van der Waals surface area contributed by atoms with Crippen molar-refractivity contribution in [3.8, 4) is 34.1 Å². The van der Waals surface area contributed by atoms with E-state index in [1.165, 1.54) is 6.33 Å². The topological polar surface area (TPSA) is 106 Å². The van der Waals surface area contributed by atoms with Crippen LogP contribution in [0.25, 0.3) is 22.6 Å². The number of pyridine rings is 1. The summed E-state index contributed by atoms with van der Waals surface area (Å²) < 4.78 is 10.9. The van der Waals surface area contributed by atoms with Crippen molar-refractivity contribution in [2.24, 2.45) is 0 Å². The van der Waals surface area contributed by atoms with Gasteiger partial charge in [-0.05, 0) is 30.3 Å². The van der Waals surface area contributed by atoms with Gasteiger partial charge in [-0.25, -0.2) is 15.0 Å². The molecule has 0 radical (unpaired) electrons. The third-order valence-electron chi connectivity index (χ3n) is 5.84. The number of H-pyrrole nitrogens is 1. The Bertz CT molecular complexity index is 1390. The lowest BCUT2D eigenvalue weighted by molar-refractivity contribution is 0.174. The zero-order chi connectivity index (χ0) is 22.2. The van der Waals surface area contributed by atoms with Gasteiger partial charge < -0.3 is 14.5 Å². The minimum absolute atomic E-state index is 0.120. The Morgan fingerprint density at radius 1 is 1.00 bits per heavy atom. The van der Waals surface area contributed by atoms with E-state index < -0.39 is 0 Å². The lowest BCUT2D eigenvalue weighted by Gasteiger charge is -2.27. The average molecular weight is 440 g/mol. The molecule has 3 aromatic heterocycles. The van der Waals surface area contributed by atoms with Crippen LogP contribution in [-0.2, 0) is 19.5 Å². The van der Waals surface area contributed by atoms with Crippen LogP contribution in [0.15, 0.2) is 59.9 Å². The Balaban J connectivity index is 1.21. The van der Waals surface area contributed by atoms with Gasteiger partial charge in [0, 0.05) is 44.0 Å². The molecule has 0 unspecified atom stereocenters. The number of nitrogens with zero attached hydrogens (tertiary/aromatic N) is 5. The number of hydrogen-bond acceptors (Lipinski definition) is 8. The summed E-state index contributed by atoms with van der Waals surface area (Å²) in [4.78, 5) is 35.4. The van der Waals surface area contributed by atoms with E-state index >= 15 is 0 Å². The van der Waals surface area contributed by atoms with Crippen LogP contribution in [0, 0.1) is 0 Å². The van der Waals surface area contributed by atoms with Crippen LogP contribution >= 0.6 is 0 Å². The van der Waals surface area contributed by atoms with Crippen molar-refractivity contribution >= 4 is 0 Å². The molecule has 4 aromatic rings. The molecule has 0 spiro atoms. The number of aromatic amines is 1. The van der Waals surface area contributed by atoms with Gasteiger partial charge in [0.05, 0.1) is 28.2 Å². The predicted molar refractivity (Wildman–Crippen MR) is 119 cm³/mol. The summed E-state index contributed by atoms with van der Waals surface area (Å²) >= 11 is 0. The van der Waals surface area contributed by atoms with Crippen molar-refractivity contribution in [2.45, 2.75) is 19.5 Å². The first-order valence-corrected chi connectivity index (χ1v) is 10.7. The Hall–Kier alpha value is -4.11. The Kier molecular flexibility index (Phi) is 4.80. The van der Waals surface area contributed by atoms with Gasteiger partial charge in [0.2, 0.25) is 6.79 Å². The first-order valence-electron chi connectivity index (χ1n) is 10.7. The molecular formula is C24H20N6O3. The second-order valence-corrected chi connectivity index (χ2v) is 8.01. The molecule has 9 heteroatoms. The second-order valence-electron chi connectivity index (χ2n) is 8.01. The molecule has 164 valence electrons. The van der Waals surface area contributed by atoms with Crippen LogP contribution in [0.3, 0.4) is 0 Å². The van der Waals surface area contributed by atoms with Gasteiger partial charge in [0.1, 0.15) is 12.2 Å². The molecule has 2 aliphatic heterocycles. The fourth-order valence-corrected chi connectivity index (χ4v) is 4.19. The number of benzene rings is 1. The van der Waals surface area contributed by atoms with E-state index in [0.717, 1.165) is 40.7 Å². The first kappa shape index (κ1) is 19.6. The molecule has 2 aliphatic rings. The predicted octanol–water partition coefficient (Wildman–Crippen LogP) is 2.58. The second kappa shape index (κ2) is 8.10. The van der Waals surface area contributed by atoms with Crippen LogP contribution in [0.2, 0.25) is 0 Å². The number of hydrogen-bond donors (Lipinski definition) is 1. The minimum atomic E-state index is -0.120. The number of ether oxygens (including phenoxy) is 2. The summed E-state index contributed by atoms with van der Waals surface area (Å²) in [5.74, 6) is 2.00.